The Balaban J connectivity index is 1.29. The van der Waals surface area contributed by atoms with Crippen molar-refractivity contribution >= 4 is 113 Å². The van der Waals surface area contributed by atoms with Crippen LogP contribution in [0.4, 0.5) is 0 Å². The molecule has 1 saturated heterocycles. The van der Waals surface area contributed by atoms with Crippen LogP contribution in [0.2, 0.25) is 0 Å². The first-order chi connectivity index (χ1) is 57.2. The van der Waals surface area contributed by atoms with Crippen LogP contribution in [0.5, 0.6) is 0 Å². The molecule has 14 amide bonds. The van der Waals surface area contributed by atoms with Gasteiger partial charge in [-0.1, -0.05) is 60.7 Å². The second-order valence-corrected chi connectivity index (χ2v) is 28.5. The van der Waals surface area contributed by atoms with Crippen molar-refractivity contribution < 1.29 is 122 Å². The largest absolute Gasteiger partial charge is 0.481 e. The van der Waals surface area contributed by atoms with Crippen LogP contribution in [0.15, 0.2) is 85.7 Å². The Morgan fingerprint density at radius 3 is 1.36 bits per heavy atom. The van der Waals surface area contributed by atoms with Crippen LogP contribution < -0.4 is 85.9 Å². The number of nitrogens with two attached hydrogens (primary N) is 2. The van der Waals surface area contributed by atoms with Crippen molar-refractivity contribution in [3.05, 3.63) is 108 Å². The molecule has 47 heteroatoms. The molecule has 47 nitrogen and oxygen atoms in total. The SMILES string of the molecule is C[C@H](NC(=O)[C@H](C)NC(=O)[C@H](CCC(=O)O)NC(=O)[C@H](CC(=O)O)NC(=O)[C@@H]1CCCN1C(=O)[C@H](Cc1c[nH]cn1)NC(=O)[C@H](CCCNC(=N)N)NC(=O)[C@@H](N)Cc1c[nH]cn1)C(=O)N[C@@H](Cc1ccccc1)C(=O)N[C@@H](Cc1ccccc1)C(=O)N[C@@H](CC(=O)O)C(=O)N[C@H](C(=O)N[C@@H](C)C(=O)N[C@@H](CO)C(=O)N[C@H](C(=O)O)[C@@H](C)O)[C@@H](C)O. The van der Waals surface area contributed by atoms with Gasteiger partial charge in [-0.2, -0.15) is 0 Å². The molecule has 28 N–H and O–H groups in total. The van der Waals surface area contributed by atoms with E-state index in [-0.39, 0.29) is 76.1 Å². The van der Waals surface area contributed by atoms with E-state index >= 15 is 0 Å². The van der Waals surface area contributed by atoms with Crippen LogP contribution in [-0.2, 0) is 112 Å². The van der Waals surface area contributed by atoms with E-state index < -0.39 is 242 Å². The zero-order valence-corrected chi connectivity index (χ0v) is 66.5. The molecule has 0 radical (unpaired) electrons. The number of likely N-dealkylation sites (tertiary alicyclic amines) is 1. The number of nitrogens with zero attached hydrogens (tertiary/aromatic N) is 3. The normalized spacial score (nSPS) is 16.3. The molecule has 0 aliphatic carbocycles. The number of amides is 14. The molecule has 2 aromatic carbocycles. The Morgan fingerprint density at radius 1 is 0.471 bits per heavy atom. The number of carbonyl (C=O) groups excluding carboxylic acids is 14. The molecule has 1 aliphatic rings. The molecule has 0 saturated carbocycles. The average molecular weight is 1700 g/mol. The van der Waals surface area contributed by atoms with Gasteiger partial charge in [-0.05, 0) is 77.8 Å². The number of nitrogens with one attached hydrogen (secondary N) is 17. The molecular formula is C74H104N22O25. The molecule has 1 fully saturated rings. The minimum Gasteiger partial charge on any atom is -0.481 e. The Kier molecular flexibility index (Phi) is 39.2. The highest BCUT2D eigenvalue weighted by Gasteiger charge is 2.43. The monoisotopic (exact) mass is 1700 g/mol. The van der Waals surface area contributed by atoms with Gasteiger partial charge in [0.2, 0.25) is 82.7 Å². The summed E-state index contributed by atoms with van der Waals surface area (Å²) >= 11 is 0. The van der Waals surface area contributed by atoms with Crippen molar-refractivity contribution in [3.8, 4) is 0 Å². The summed E-state index contributed by atoms with van der Waals surface area (Å²) in [7, 11) is 0. The van der Waals surface area contributed by atoms with Crippen LogP contribution in [0.3, 0.4) is 0 Å². The zero-order valence-electron chi connectivity index (χ0n) is 66.5. The summed E-state index contributed by atoms with van der Waals surface area (Å²) in [6.07, 6.45) is -2.51. The summed E-state index contributed by atoms with van der Waals surface area (Å²) in [4.78, 5) is 259. The molecular weight excluding hydrogens is 1600 g/mol. The van der Waals surface area contributed by atoms with Gasteiger partial charge in [0.25, 0.3) is 0 Å². The minimum atomic E-state index is -2.10. The maximum absolute atomic E-state index is 14.7. The molecule has 0 bridgehead atoms. The first-order valence-corrected chi connectivity index (χ1v) is 38.1. The Hall–Kier alpha value is -13.6. The van der Waals surface area contributed by atoms with E-state index in [0.717, 1.165) is 39.5 Å². The lowest BCUT2D eigenvalue weighted by Gasteiger charge is -2.30. The highest BCUT2D eigenvalue weighted by Crippen LogP contribution is 2.21. The third-order valence-electron chi connectivity index (χ3n) is 18.7. The number of carboxylic acids is 4. The van der Waals surface area contributed by atoms with Gasteiger partial charge in [-0.25, -0.2) is 14.8 Å². The highest BCUT2D eigenvalue weighted by molar-refractivity contribution is 6.02. The maximum Gasteiger partial charge on any atom is 0.328 e. The molecule has 0 spiro atoms. The fraction of sp³-hybridized carbons (Fsp3) is 0.500. The first-order valence-electron chi connectivity index (χ1n) is 38.1. The topological polar surface area (TPSA) is 754 Å². The van der Waals surface area contributed by atoms with Crippen LogP contribution in [-0.4, -0.2) is 296 Å². The predicted octanol–water partition coefficient (Wildman–Crippen LogP) is -9.00. The summed E-state index contributed by atoms with van der Waals surface area (Å²) in [5.74, 6) is -22.6. The Morgan fingerprint density at radius 2 is 0.876 bits per heavy atom. The van der Waals surface area contributed by atoms with Crippen molar-refractivity contribution in [3.63, 3.8) is 0 Å². The second kappa shape index (κ2) is 48.3. The summed E-state index contributed by atoms with van der Waals surface area (Å²) in [5.41, 5.74) is 13.1. The van der Waals surface area contributed by atoms with Gasteiger partial charge in [0.1, 0.15) is 78.5 Å². The lowest BCUT2D eigenvalue weighted by Crippen LogP contribution is -2.62. The number of aliphatic carboxylic acids is 4. The summed E-state index contributed by atoms with van der Waals surface area (Å²) in [6.45, 7) is 4.27. The van der Waals surface area contributed by atoms with Gasteiger partial charge in [-0.15, -0.1) is 0 Å². The van der Waals surface area contributed by atoms with Crippen LogP contribution in [0, 0.1) is 5.41 Å². The smallest absolute Gasteiger partial charge is 0.328 e. The number of aromatic nitrogens is 4. The number of carboxylic acid groups (broad SMARTS) is 4. The van der Waals surface area contributed by atoms with Gasteiger partial charge in [-0.3, -0.25) is 86.9 Å². The molecule has 3 heterocycles. The van der Waals surface area contributed by atoms with Crippen molar-refractivity contribution in [1.29, 1.82) is 5.41 Å². The van der Waals surface area contributed by atoms with E-state index in [2.05, 4.69) is 89.1 Å². The quantitative estimate of drug-likeness (QED) is 0.0111. The lowest BCUT2D eigenvalue weighted by molar-refractivity contribution is -0.145. The van der Waals surface area contributed by atoms with E-state index in [1.54, 1.807) is 48.5 Å². The second-order valence-electron chi connectivity index (χ2n) is 28.5. The van der Waals surface area contributed by atoms with Crippen LogP contribution >= 0.6 is 0 Å². The van der Waals surface area contributed by atoms with Crippen LogP contribution in [0.25, 0.3) is 0 Å². The minimum absolute atomic E-state index is 0.0265. The fourth-order valence-electron chi connectivity index (χ4n) is 12.1. The number of aliphatic hydroxyl groups is 3. The number of aromatic amines is 2. The van der Waals surface area contributed by atoms with Gasteiger partial charge in [0, 0.05) is 57.6 Å². The molecule has 4 aromatic rings. The number of benzene rings is 2. The average Bonchev–Trinajstić information content (AvgIpc) is 1.70. The zero-order chi connectivity index (χ0) is 89.9. The number of hydrogen-bond acceptors (Lipinski definition) is 25. The first kappa shape index (κ1) is 98.0. The lowest BCUT2D eigenvalue weighted by atomic mass is 10.0. The number of imidazole rings is 2. The van der Waals surface area contributed by atoms with E-state index in [1.807, 2.05) is 5.32 Å². The molecule has 5 rings (SSSR count). The molecule has 1 aliphatic heterocycles. The third kappa shape index (κ3) is 32.7. The van der Waals surface area contributed by atoms with Crippen LogP contribution in [0.1, 0.15) is 109 Å². The van der Waals surface area contributed by atoms with Crippen molar-refractivity contribution in [2.45, 2.75) is 215 Å². The van der Waals surface area contributed by atoms with E-state index in [1.165, 1.54) is 37.2 Å². The number of hydrogen-bond donors (Lipinski definition) is 26. The molecule has 17 atom stereocenters. The van der Waals surface area contributed by atoms with Gasteiger partial charge in [0.05, 0.1) is 61.7 Å². The highest BCUT2D eigenvalue weighted by atomic mass is 16.4. The summed E-state index contributed by atoms with van der Waals surface area (Å²) in [6, 6.07) is -9.67. The third-order valence-corrected chi connectivity index (χ3v) is 18.7. The van der Waals surface area contributed by atoms with Gasteiger partial charge < -0.3 is 137 Å². The number of guanidine groups is 1. The van der Waals surface area contributed by atoms with Crippen molar-refractivity contribution in [1.82, 2.24) is 99.3 Å². The van der Waals surface area contributed by atoms with Gasteiger partial charge >= 0.3 is 23.9 Å². The Labute approximate surface area is 690 Å². The Bertz CT molecular complexity index is 4270. The standard InChI is InChI=1S/C74H104N22O25/c1-35(84-63(110)46(20-21-54(100)101)87-67(114)49(28-55(102)103)91-70(117)53-19-13-23-96(53)72(119)51(27-43-31-79-34-82-43)92-64(111)45(18-12-22-80-74(76)77)86-62(109)44(75)26-42-30-78-33-81-42)59(106)83-36(2)60(107)88-47(24-40-14-8-6-9-15-40)65(112)89-48(25-41-16-10-7-11-17-41)66(113)90-50(29-56(104)105)68(115)94-57(38(4)98)71(118)85-37(3)61(108)93-52(32-97)69(116)95-58(39(5)99)73(120)121/h6-11,14-17,30-31,33-39,44-53,57-58,97-99H,12-13,18-29,32,75H2,1-5H3,(H,78,81)(H,79,82)(H,83,106)(H,84,110)(H,85,118)(H,86,109)(H,87,114)(H,88,107)(H,89,112)(H,90,113)(H,91,117)(H,92,111)(H,93,108)(H,94,115)(H,95,116)(H,100,101)(H,102,103)(H,104,105)(H,120,121)(H4,76,77,80)/t35-,36-,37-,38+,39+,44-,45-,46-,47-,48-,49-,50-,51-,52-,53-,57-,58-/m0/s1. The summed E-state index contributed by atoms with van der Waals surface area (Å²) < 4.78 is 0. The van der Waals surface area contributed by atoms with E-state index in [0.29, 0.717) is 16.8 Å². The molecule has 2 aromatic heterocycles. The van der Waals surface area contributed by atoms with Crippen molar-refractivity contribution in [2.24, 2.45) is 11.5 Å². The fourth-order valence-corrected chi connectivity index (χ4v) is 12.1. The molecule has 121 heavy (non-hydrogen) atoms. The maximum atomic E-state index is 14.7. The summed E-state index contributed by atoms with van der Waals surface area (Å²) in [5, 5.41) is 109. The predicted molar refractivity (Wildman–Crippen MR) is 418 cm³/mol. The van der Waals surface area contributed by atoms with Gasteiger partial charge in [0.15, 0.2) is 12.0 Å². The number of H-pyrrole nitrogens is 2. The number of carbonyl (C=O) groups is 18. The number of aliphatic hydroxyl groups excluding tert-OH is 3. The van der Waals surface area contributed by atoms with E-state index in [9.17, 15) is 122 Å². The van der Waals surface area contributed by atoms with Crippen molar-refractivity contribution in [2.75, 3.05) is 19.7 Å². The molecule has 0 unspecified atom stereocenters. The molecule has 660 valence electrons. The number of rotatable bonds is 50. The van der Waals surface area contributed by atoms with E-state index in [4.69, 9.17) is 16.9 Å².